The summed E-state index contributed by atoms with van der Waals surface area (Å²) in [5, 5.41) is 5.57. The lowest BCUT2D eigenvalue weighted by Gasteiger charge is -2.16. The molecule has 4 rings (SSSR count). The first-order valence-electron chi connectivity index (χ1n) is 13.3. The summed E-state index contributed by atoms with van der Waals surface area (Å²) < 4.78 is 5.86. The van der Waals surface area contributed by atoms with Crippen molar-refractivity contribution in [2.75, 3.05) is 40.3 Å². The van der Waals surface area contributed by atoms with Crippen molar-refractivity contribution in [1.82, 2.24) is 20.2 Å². The predicted molar refractivity (Wildman–Crippen MR) is 166 cm³/mol. The number of carbonyl (C=O) groups is 1. The van der Waals surface area contributed by atoms with Crippen molar-refractivity contribution < 1.29 is 9.53 Å². The van der Waals surface area contributed by atoms with E-state index in [9.17, 15) is 4.79 Å². The van der Waals surface area contributed by atoms with Crippen LogP contribution >= 0.6 is 23.2 Å². The SMILES string of the molecule is CC/C(=C(/c1ccc(OCCNC/C=C(\C=O)CN(C)C)nc1)c1[nH]c2ccccc2c1Cl)c1ccccc1Cl. The van der Waals surface area contributed by atoms with Gasteiger partial charge in [0.2, 0.25) is 5.88 Å². The van der Waals surface area contributed by atoms with Gasteiger partial charge in [-0.05, 0) is 49.9 Å². The molecular formula is C32H34Cl2N4O2. The molecule has 2 aromatic heterocycles. The Morgan fingerprint density at radius 1 is 1.07 bits per heavy atom. The summed E-state index contributed by atoms with van der Waals surface area (Å²) in [6, 6.07) is 19.7. The van der Waals surface area contributed by atoms with Gasteiger partial charge in [-0.25, -0.2) is 4.98 Å². The maximum Gasteiger partial charge on any atom is 0.213 e. The van der Waals surface area contributed by atoms with Crippen LogP contribution < -0.4 is 10.1 Å². The van der Waals surface area contributed by atoms with Crippen LogP contribution in [0.1, 0.15) is 30.2 Å². The van der Waals surface area contributed by atoms with Crippen molar-refractivity contribution in [3.8, 4) is 5.88 Å². The summed E-state index contributed by atoms with van der Waals surface area (Å²) in [6.45, 7) is 4.39. The van der Waals surface area contributed by atoms with Crippen LogP contribution in [0.25, 0.3) is 22.0 Å². The average Bonchev–Trinajstić information content (AvgIpc) is 3.29. The molecule has 0 bridgehead atoms. The van der Waals surface area contributed by atoms with Gasteiger partial charge < -0.3 is 19.9 Å². The lowest BCUT2D eigenvalue weighted by molar-refractivity contribution is -0.105. The molecule has 2 aromatic carbocycles. The topological polar surface area (TPSA) is 70.2 Å². The van der Waals surface area contributed by atoms with Crippen molar-refractivity contribution in [1.29, 1.82) is 0 Å². The molecule has 0 aliphatic carbocycles. The minimum absolute atomic E-state index is 0.445. The predicted octanol–water partition coefficient (Wildman–Crippen LogP) is 6.89. The number of nitrogens with zero attached hydrogens (tertiary/aromatic N) is 2. The molecule has 40 heavy (non-hydrogen) atoms. The Hall–Kier alpha value is -3.42. The van der Waals surface area contributed by atoms with Crippen LogP contribution in [-0.4, -0.2) is 61.5 Å². The maximum absolute atomic E-state index is 11.2. The van der Waals surface area contributed by atoms with E-state index in [-0.39, 0.29) is 0 Å². The Morgan fingerprint density at radius 3 is 2.52 bits per heavy atom. The zero-order valence-corrected chi connectivity index (χ0v) is 24.5. The van der Waals surface area contributed by atoms with Gasteiger partial charge in [-0.15, -0.1) is 0 Å². The lowest BCUT2D eigenvalue weighted by atomic mass is 9.91. The second kappa shape index (κ2) is 14.3. The summed E-state index contributed by atoms with van der Waals surface area (Å²) in [4.78, 5) is 21.2. The average molecular weight is 578 g/mol. The van der Waals surface area contributed by atoms with Gasteiger partial charge in [0.1, 0.15) is 12.9 Å². The fourth-order valence-electron chi connectivity index (χ4n) is 4.62. The Morgan fingerprint density at radius 2 is 1.85 bits per heavy atom. The normalized spacial score (nSPS) is 12.6. The van der Waals surface area contributed by atoms with Crippen LogP contribution in [0.3, 0.4) is 0 Å². The van der Waals surface area contributed by atoms with E-state index in [0.717, 1.165) is 57.2 Å². The van der Waals surface area contributed by atoms with E-state index in [4.69, 9.17) is 27.9 Å². The lowest BCUT2D eigenvalue weighted by Crippen LogP contribution is -2.22. The molecule has 0 unspecified atom stereocenters. The number of likely N-dealkylation sites (N-methyl/N-ethyl adjacent to an activating group) is 1. The third-order valence-corrected chi connectivity index (χ3v) is 7.18. The number of nitrogens with one attached hydrogen (secondary N) is 2. The van der Waals surface area contributed by atoms with Crippen LogP contribution in [-0.2, 0) is 4.79 Å². The molecule has 0 saturated carbocycles. The smallest absolute Gasteiger partial charge is 0.213 e. The number of aromatic nitrogens is 2. The molecule has 0 aliphatic heterocycles. The molecule has 8 heteroatoms. The van der Waals surface area contributed by atoms with Crippen molar-refractivity contribution in [3.63, 3.8) is 0 Å². The summed E-state index contributed by atoms with van der Waals surface area (Å²) in [6.07, 6.45) is 5.34. The first-order valence-corrected chi connectivity index (χ1v) is 14.0. The number of rotatable bonds is 13. The molecule has 0 amide bonds. The minimum atomic E-state index is 0.445. The number of carbonyl (C=O) groups excluding carboxylic acids is 1. The molecule has 2 heterocycles. The fraction of sp³-hybridized carbons (Fsp3) is 0.250. The number of H-pyrrole nitrogens is 1. The van der Waals surface area contributed by atoms with Gasteiger partial charge >= 0.3 is 0 Å². The number of aromatic amines is 1. The summed E-state index contributed by atoms with van der Waals surface area (Å²) in [5.74, 6) is 0.528. The third-order valence-electron chi connectivity index (χ3n) is 6.46. The maximum atomic E-state index is 11.2. The monoisotopic (exact) mass is 576 g/mol. The molecule has 4 aromatic rings. The van der Waals surface area contributed by atoms with Crippen LogP contribution in [0.5, 0.6) is 5.88 Å². The quantitative estimate of drug-likeness (QED) is 0.103. The van der Waals surface area contributed by atoms with Gasteiger partial charge in [0.15, 0.2) is 0 Å². The second-order valence-corrected chi connectivity index (χ2v) is 10.4. The van der Waals surface area contributed by atoms with E-state index in [1.54, 1.807) is 0 Å². The highest BCUT2D eigenvalue weighted by atomic mass is 35.5. The van der Waals surface area contributed by atoms with E-state index < -0.39 is 0 Å². The van der Waals surface area contributed by atoms with Crippen molar-refractivity contribution >= 4 is 51.5 Å². The molecule has 0 fully saturated rings. The number of benzene rings is 2. The van der Waals surface area contributed by atoms with Crippen LogP contribution in [0.4, 0.5) is 0 Å². The zero-order valence-electron chi connectivity index (χ0n) is 23.0. The molecule has 0 atom stereocenters. The van der Waals surface area contributed by atoms with Crippen LogP contribution in [0.2, 0.25) is 10.0 Å². The number of hydrogen-bond acceptors (Lipinski definition) is 5. The summed E-state index contributed by atoms with van der Waals surface area (Å²) in [7, 11) is 3.87. The summed E-state index contributed by atoms with van der Waals surface area (Å²) >= 11 is 13.6. The van der Waals surface area contributed by atoms with Crippen molar-refractivity contribution in [3.05, 3.63) is 105 Å². The number of allylic oxidation sites excluding steroid dienone is 1. The van der Waals surface area contributed by atoms with Gasteiger partial charge in [-0.2, -0.15) is 0 Å². The third kappa shape index (κ3) is 7.20. The molecule has 6 nitrogen and oxygen atoms in total. The highest BCUT2D eigenvalue weighted by molar-refractivity contribution is 6.38. The number of hydrogen-bond donors (Lipinski definition) is 2. The summed E-state index contributed by atoms with van der Waals surface area (Å²) in [5.41, 5.74) is 6.42. The molecule has 0 spiro atoms. The Labute approximate surface area is 245 Å². The fourth-order valence-corrected chi connectivity index (χ4v) is 5.18. The number of pyridine rings is 1. The molecule has 2 N–H and O–H groups in total. The van der Waals surface area contributed by atoms with E-state index in [0.29, 0.717) is 42.2 Å². The molecular weight excluding hydrogens is 543 g/mol. The molecule has 0 aliphatic rings. The standard InChI is InChI=1S/C32H34Cl2N4O2/c1-4-24(25-9-5-7-11-27(25)33)30(32-31(34)26-10-6-8-12-28(26)37-32)23-13-14-29(36-19-23)40-18-17-35-16-15-22(21-39)20-38(2)3/h5-15,19,21,35,37H,4,16-18,20H2,1-3H3/b22-15-,30-24+. The highest BCUT2D eigenvalue weighted by Gasteiger charge is 2.21. The first-order chi connectivity index (χ1) is 19.4. The minimum Gasteiger partial charge on any atom is -0.476 e. The van der Waals surface area contributed by atoms with E-state index >= 15 is 0 Å². The van der Waals surface area contributed by atoms with Gasteiger partial charge in [-0.1, -0.05) is 72.6 Å². The number of halogens is 2. The second-order valence-electron chi connectivity index (χ2n) is 9.62. The van der Waals surface area contributed by atoms with E-state index in [2.05, 4.69) is 22.2 Å². The molecule has 208 valence electrons. The number of fused-ring (bicyclic) bond motifs is 1. The zero-order chi connectivity index (χ0) is 28.5. The van der Waals surface area contributed by atoms with E-state index in [1.807, 2.05) is 91.9 Å². The Bertz CT molecular complexity index is 1510. The van der Waals surface area contributed by atoms with Gasteiger partial charge in [-0.3, -0.25) is 4.79 Å². The molecule has 0 radical (unpaired) electrons. The van der Waals surface area contributed by atoms with Crippen molar-refractivity contribution in [2.24, 2.45) is 0 Å². The van der Waals surface area contributed by atoms with Crippen molar-refractivity contribution in [2.45, 2.75) is 13.3 Å². The van der Waals surface area contributed by atoms with Gasteiger partial charge in [0, 0.05) is 64.5 Å². The number of aldehydes is 1. The largest absolute Gasteiger partial charge is 0.476 e. The van der Waals surface area contributed by atoms with E-state index in [1.165, 1.54) is 0 Å². The van der Waals surface area contributed by atoms with Crippen LogP contribution in [0.15, 0.2) is 78.5 Å². The number of para-hydroxylation sites is 1. The van der Waals surface area contributed by atoms with Gasteiger partial charge in [0.05, 0.1) is 10.7 Å². The Balaban J connectivity index is 1.57. The van der Waals surface area contributed by atoms with Gasteiger partial charge in [0.25, 0.3) is 0 Å². The first kappa shape index (κ1) is 29.6. The number of ether oxygens (including phenoxy) is 1. The Kier molecular flexibility index (Phi) is 10.6. The van der Waals surface area contributed by atoms with Crippen LogP contribution in [0, 0.1) is 0 Å². The highest BCUT2D eigenvalue weighted by Crippen LogP contribution is 2.41. The molecule has 0 saturated heterocycles.